The summed E-state index contributed by atoms with van der Waals surface area (Å²) in [5.41, 5.74) is 1.07. The Morgan fingerprint density at radius 1 is 1.24 bits per heavy atom. The van der Waals surface area contributed by atoms with Crippen LogP contribution in [0.1, 0.15) is 17.0 Å². The highest BCUT2D eigenvalue weighted by molar-refractivity contribution is 7.99. The molecule has 21 heavy (non-hydrogen) atoms. The number of nitrogens with one attached hydrogen (secondary N) is 1. The molecule has 1 saturated heterocycles. The van der Waals surface area contributed by atoms with E-state index in [1.165, 1.54) is 22.8 Å². The maximum atomic E-state index is 5.29. The second kappa shape index (κ2) is 9.63. The standard InChI is InChI=1S/C14H25N3O2S2/c1-18-7-4-15-10-13-12(11-19-2)16-14(21-13)17-5-3-8-20-9-6-17/h15H,3-11H2,1-2H3. The predicted octanol–water partition coefficient (Wildman–Crippen LogP) is 1.97. The molecule has 0 atom stereocenters. The van der Waals surface area contributed by atoms with Crippen molar-refractivity contribution in [1.29, 1.82) is 0 Å². The average molecular weight is 332 g/mol. The van der Waals surface area contributed by atoms with Gasteiger partial charge in [-0.05, 0) is 12.2 Å². The second-order valence-electron chi connectivity index (χ2n) is 4.92. The van der Waals surface area contributed by atoms with Crippen LogP contribution in [-0.4, -0.2) is 57.0 Å². The van der Waals surface area contributed by atoms with Crippen LogP contribution in [-0.2, 0) is 22.6 Å². The molecule has 0 saturated carbocycles. The minimum absolute atomic E-state index is 0.584. The fourth-order valence-electron chi connectivity index (χ4n) is 2.21. The molecule has 1 aliphatic heterocycles. The number of nitrogens with zero attached hydrogens (tertiary/aromatic N) is 2. The molecule has 0 amide bonds. The zero-order chi connectivity index (χ0) is 14.9. The van der Waals surface area contributed by atoms with E-state index in [1.54, 1.807) is 25.6 Å². The van der Waals surface area contributed by atoms with Crippen molar-refractivity contribution in [2.45, 2.75) is 19.6 Å². The van der Waals surface area contributed by atoms with E-state index in [0.717, 1.165) is 43.6 Å². The first-order valence-electron chi connectivity index (χ1n) is 7.35. The molecule has 0 unspecified atom stereocenters. The summed E-state index contributed by atoms with van der Waals surface area (Å²) in [6.45, 7) is 5.22. The van der Waals surface area contributed by atoms with Gasteiger partial charge in [-0.15, -0.1) is 11.3 Å². The lowest BCUT2D eigenvalue weighted by Gasteiger charge is -2.18. The molecule has 7 heteroatoms. The molecule has 0 aliphatic carbocycles. The van der Waals surface area contributed by atoms with Gasteiger partial charge < -0.3 is 19.7 Å². The highest BCUT2D eigenvalue weighted by atomic mass is 32.2. The smallest absolute Gasteiger partial charge is 0.185 e. The molecule has 0 aromatic carbocycles. The summed E-state index contributed by atoms with van der Waals surface area (Å²) >= 11 is 3.83. The Hall–Kier alpha value is -0.340. The number of hydrogen-bond donors (Lipinski definition) is 1. The molecule has 120 valence electrons. The number of anilines is 1. The number of ether oxygens (including phenoxy) is 2. The van der Waals surface area contributed by atoms with Crippen LogP contribution in [0, 0.1) is 0 Å². The number of methoxy groups -OCH3 is 2. The van der Waals surface area contributed by atoms with Crippen molar-refractivity contribution in [3.05, 3.63) is 10.6 Å². The Morgan fingerprint density at radius 2 is 2.14 bits per heavy atom. The summed E-state index contributed by atoms with van der Waals surface area (Å²) < 4.78 is 10.4. The van der Waals surface area contributed by atoms with Crippen LogP contribution in [0.3, 0.4) is 0 Å². The molecule has 5 nitrogen and oxygen atoms in total. The van der Waals surface area contributed by atoms with Gasteiger partial charge in [0, 0.05) is 51.0 Å². The van der Waals surface area contributed by atoms with Crippen molar-refractivity contribution in [3.63, 3.8) is 0 Å². The van der Waals surface area contributed by atoms with Crippen LogP contribution in [0.5, 0.6) is 0 Å². The van der Waals surface area contributed by atoms with Gasteiger partial charge in [0.25, 0.3) is 0 Å². The zero-order valence-electron chi connectivity index (χ0n) is 12.9. The second-order valence-corrected chi connectivity index (χ2v) is 7.21. The summed E-state index contributed by atoms with van der Waals surface area (Å²) in [5, 5.41) is 4.54. The Kier molecular flexibility index (Phi) is 7.81. The molecule has 1 aromatic heterocycles. The van der Waals surface area contributed by atoms with Crippen LogP contribution < -0.4 is 10.2 Å². The highest BCUT2D eigenvalue weighted by Gasteiger charge is 2.17. The van der Waals surface area contributed by atoms with Crippen molar-refractivity contribution >= 4 is 28.2 Å². The van der Waals surface area contributed by atoms with Gasteiger partial charge in [0.2, 0.25) is 0 Å². The van der Waals surface area contributed by atoms with Crippen molar-refractivity contribution < 1.29 is 9.47 Å². The first-order chi connectivity index (χ1) is 10.3. The lowest BCUT2D eigenvalue weighted by Crippen LogP contribution is -2.25. The molecule has 2 heterocycles. The van der Waals surface area contributed by atoms with E-state index in [1.807, 2.05) is 11.8 Å². The molecular weight excluding hydrogens is 306 g/mol. The number of thioether (sulfide) groups is 1. The summed E-state index contributed by atoms with van der Waals surface area (Å²) in [6, 6.07) is 0. The van der Waals surface area contributed by atoms with E-state index in [4.69, 9.17) is 14.5 Å². The van der Waals surface area contributed by atoms with Gasteiger partial charge >= 0.3 is 0 Å². The summed E-state index contributed by atoms with van der Waals surface area (Å²) in [6.07, 6.45) is 1.24. The molecule has 1 N–H and O–H groups in total. The molecule has 1 fully saturated rings. The Bertz CT molecular complexity index is 407. The molecule has 0 radical (unpaired) electrons. The van der Waals surface area contributed by atoms with Crippen LogP contribution in [0.4, 0.5) is 5.13 Å². The number of rotatable bonds is 8. The highest BCUT2D eigenvalue weighted by Crippen LogP contribution is 2.28. The van der Waals surface area contributed by atoms with Crippen molar-refractivity contribution in [2.24, 2.45) is 0 Å². The first-order valence-corrected chi connectivity index (χ1v) is 9.32. The van der Waals surface area contributed by atoms with Crippen molar-refractivity contribution in [2.75, 3.05) is 56.9 Å². The number of thiazole rings is 1. The predicted molar refractivity (Wildman–Crippen MR) is 90.6 cm³/mol. The van der Waals surface area contributed by atoms with Gasteiger partial charge in [-0.1, -0.05) is 0 Å². The summed E-state index contributed by atoms with van der Waals surface area (Å²) in [7, 11) is 3.45. The minimum atomic E-state index is 0.584. The van der Waals surface area contributed by atoms with E-state index in [9.17, 15) is 0 Å². The van der Waals surface area contributed by atoms with Crippen LogP contribution >= 0.6 is 23.1 Å². The largest absolute Gasteiger partial charge is 0.383 e. The quantitative estimate of drug-likeness (QED) is 0.735. The monoisotopic (exact) mass is 331 g/mol. The third-order valence-corrected chi connectivity index (χ3v) is 5.52. The van der Waals surface area contributed by atoms with E-state index < -0.39 is 0 Å². The Labute approximate surface area is 135 Å². The van der Waals surface area contributed by atoms with E-state index in [2.05, 4.69) is 10.2 Å². The third-order valence-electron chi connectivity index (χ3n) is 3.31. The first kappa shape index (κ1) is 17.0. The Balaban J connectivity index is 2.00. The van der Waals surface area contributed by atoms with Crippen LogP contribution in [0.25, 0.3) is 0 Å². The van der Waals surface area contributed by atoms with Gasteiger partial charge in [-0.3, -0.25) is 0 Å². The lowest BCUT2D eigenvalue weighted by molar-refractivity contribution is 0.181. The molecule has 2 rings (SSSR count). The van der Waals surface area contributed by atoms with E-state index in [0.29, 0.717) is 6.61 Å². The van der Waals surface area contributed by atoms with E-state index >= 15 is 0 Å². The molecule has 0 spiro atoms. The number of aromatic nitrogens is 1. The molecular formula is C14H25N3O2S2. The summed E-state index contributed by atoms with van der Waals surface area (Å²) in [5.74, 6) is 2.46. The van der Waals surface area contributed by atoms with Crippen LogP contribution in [0.2, 0.25) is 0 Å². The third kappa shape index (κ3) is 5.41. The number of hydrogen-bond acceptors (Lipinski definition) is 7. The molecule has 1 aliphatic rings. The van der Waals surface area contributed by atoms with Gasteiger partial charge in [-0.25, -0.2) is 4.98 Å². The zero-order valence-corrected chi connectivity index (χ0v) is 14.5. The molecule has 0 bridgehead atoms. The average Bonchev–Trinajstić information content (AvgIpc) is 2.72. The van der Waals surface area contributed by atoms with Crippen LogP contribution in [0.15, 0.2) is 0 Å². The van der Waals surface area contributed by atoms with Crippen molar-refractivity contribution in [3.8, 4) is 0 Å². The minimum Gasteiger partial charge on any atom is -0.383 e. The maximum absolute atomic E-state index is 5.29. The van der Waals surface area contributed by atoms with Gasteiger partial charge in [0.05, 0.1) is 18.9 Å². The van der Waals surface area contributed by atoms with Gasteiger partial charge in [0.1, 0.15) is 0 Å². The normalized spacial score (nSPS) is 16.2. The fraction of sp³-hybridized carbons (Fsp3) is 0.786. The van der Waals surface area contributed by atoms with E-state index in [-0.39, 0.29) is 0 Å². The SMILES string of the molecule is COCCNCc1sc(N2CCCSCC2)nc1COC. The van der Waals surface area contributed by atoms with Gasteiger partial charge in [0.15, 0.2) is 5.13 Å². The topological polar surface area (TPSA) is 46.6 Å². The van der Waals surface area contributed by atoms with Crippen molar-refractivity contribution in [1.82, 2.24) is 10.3 Å². The fourth-order valence-corrected chi connectivity index (χ4v) is 4.18. The maximum Gasteiger partial charge on any atom is 0.185 e. The lowest BCUT2D eigenvalue weighted by atomic mass is 10.3. The molecule has 1 aromatic rings. The summed E-state index contributed by atoms with van der Waals surface area (Å²) in [4.78, 5) is 8.50. The van der Waals surface area contributed by atoms with Gasteiger partial charge in [-0.2, -0.15) is 11.8 Å². The Morgan fingerprint density at radius 3 is 2.95 bits per heavy atom.